The molecule has 0 aromatic heterocycles. The van der Waals surface area contributed by atoms with Gasteiger partial charge in [0.15, 0.2) is 6.10 Å². The summed E-state index contributed by atoms with van der Waals surface area (Å²) in [6.07, 6.45) is -0.543. The number of carbonyl (C=O) groups excluding carboxylic acids is 1. The lowest BCUT2D eigenvalue weighted by molar-refractivity contribution is -0.137. The van der Waals surface area contributed by atoms with Crippen LogP contribution in [0.1, 0.15) is 12.5 Å². The predicted molar refractivity (Wildman–Crippen MR) is 92.2 cm³/mol. The van der Waals surface area contributed by atoms with E-state index in [0.29, 0.717) is 17.3 Å². The lowest BCUT2D eigenvalue weighted by Gasteiger charge is -2.22. The van der Waals surface area contributed by atoms with E-state index in [2.05, 4.69) is 15.9 Å². The molecular formula is C17H17BrClNO2. The second-order valence-corrected chi connectivity index (χ2v) is 6.39. The second-order valence-electron chi connectivity index (χ2n) is 5.03. The molecule has 0 spiro atoms. The van der Waals surface area contributed by atoms with Crippen LogP contribution in [0, 0.1) is 0 Å². The standard InChI is InChI=1S/C17H17BrClNO2/c1-12(22-16-9-5-14(18)6-10-16)17(21)20(2)11-13-3-7-15(19)8-4-13/h3-10,12H,11H2,1-2H3. The number of nitrogens with zero attached hydrogens (tertiary/aromatic N) is 1. The van der Waals surface area contributed by atoms with Crippen LogP contribution >= 0.6 is 27.5 Å². The molecule has 1 unspecified atom stereocenters. The predicted octanol–water partition coefficient (Wildman–Crippen LogP) is 4.53. The van der Waals surface area contributed by atoms with Crippen molar-refractivity contribution < 1.29 is 9.53 Å². The van der Waals surface area contributed by atoms with E-state index in [-0.39, 0.29) is 5.91 Å². The quantitative estimate of drug-likeness (QED) is 0.760. The van der Waals surface area contributed by atoms with E-state index in [9.17, 15) is 4.79 Å². The maximum absolute atomic E-state index is 12.4. The van der Waals surface area contributed by atoms with Gasteiger partial charge in [0.05, 0.1) is 0 Å². The topological polar surface area (TPSA) is 29.5 Å². The minimum Gasteiger partial charge on any atom is -0.481 e. The van der Waals surface area contributed by atoms with Crippen molar-refractivity contribution in [2.75, 3.05) is 7.05 Å². The molecule has 0 aliphatic heterocycles. The van der Waals surface area contributed by atoms with Crippen LogP contribution in [-0.2, 0) is 11.3 Å². The smallest absolute Gasteiger partial charge is 0.263 e. The summed E-state index contributed by atoms with van der Waals surface area (Å²) in [5.41, 5.74) is 1.02. The van der Waals surface area contributed by atoms with Gasteiger partial charge in [0.25, 0.3) is 5.91 Å². The van der Waals surface area contributed by atoms with Crippen LogP contribution in [0.15, 0.2) is 53.0 Å². The molecular weight excluding hydrogens is 366 g/mol. The third kappa shape index (κ3) is 4.75. The van der Waals surface area contributed by atoms with Crippen molar-refractivity contribution in [2.24, 2.45) is 0 Å². The van der Waals surface area contributed by atoms with Crippen molar-refractivity contribution in [3.05, 3.63) is 63.6 Å². The molecule has 2 rings (SSSR count). The zero-order chi connectivity index (χ0) is 16.1. The van der Waals surface area contributed by atoms with Gasteiger partial charge < -0.3 is 9.64 Å². The molecule has 0 bridgehead atoms. The molecule has 0 saturated carbocycles. The van der Waals surface area contributed by atoms with Gasteiger partial charge in [-0.1, -0.05) is 39.7 Å². The fourth-order valence-electron chi connectivity index (χ4n) is 2.02. The number of amides is 1. The first-order chi connectivity index (χ1) is 10.5. The second kappa shape index (κ2) is 7.65. The Morgan fingerprint density at radius 2 is 1.77 bits per heavy atom. The highest BCUT2D eigenvalue weighted by molar-refractivity contribution is 9.10. The Morgan fingerprint density at radius 3 is 2.36 bits per heavy atom. The van der Waals surface area contributed by atoms with Crippen molar-refractivity contribution in [1.82, 2.24) is 4.90 Å². The van der Waals surface area contributed by atoms with E-state index >= 15 is 0 Å². The monoisotopic (exact) mass is 381 g/mol. The zero-order valence-electron chi connectivity index (χ0n) is 12.4. The Kier molecular flexibility index (Phi) is 5.86. The minimum absolute atomic E-state index is 0.0714. The van der Waals surface area contributed by atoms with Crippen LogP contribution in [0.2, 0.25) is 5.02 Å². The summed E-state index contributed by atoms with van der Waals surface area (Å²) in [7, 11) is 1.76. The van der Waals surface area contributed by atoms with E-state index in [1.54, 1.807) is 18.9 Å². The lowest BCUT2D eigenvalue weighted by Crippen LogP contribution is -2.37. The van der Waals surface area contributed by atoms with Crippen LogP contribution in [0.4, 0.5) is 0 Å². The number of rotatable bonds is 5. The average molecular weight is 383 g/mol. The normalized spacial score (nSPS) is 11.8. The minimum atomic E-state index is -0.543. The highest BCUT2D eigenvalue weighted by Crippen LogP contribution is 2.18. The molecule has 0 aliphatic carbocycles. The van der Waals surface area contributed by atoms with Crippen molar-refractivity contribution in [3.8, 4) is 5.75 Å². The Hall–Kier alpha value is -1.52. The molecule has 5 heteroatoms. The molecule has 22 heavy (non-hydrogen) atoms. The fraction of sp³-hybridized carbons (Fsp3) is 0.235. The number of halogens is 2. The van der Waals surface area contributed by atoms with Crippen LogP contribution in [-0.4, -0.2) is 24.0 Å². The molecule has 1 amide bonds. The van der Waals surface area contributed by atoms with E-state index in [4.69, 9.17) is 16.3 Å². The molecule has 0 N–H and O–H groups in total. The van der Waals surface area contributed by atoms with Crippen molar-refractivity contribution >= 4 is 33.4 Å². The van der Waals surface area contributed by atoms with E-state index in [1.165, 1.54) is 0 Å². The molecule has 1 atom stereocenters. The first-order valence-corrected chi connectivity index (χ1v) is 8.04. The van der Waals surface area contributed by atoms with Gasteiger partial charge in [0.1, 0.15) is 5.75 Å². The van der Waals surface area contributed by atoms with Gasteiger partial charge >= 0.3 is 0 Å². The number of likely N-dealkylation sites (N-methyl/N-ethyl adjacent to an activating group) is 1. The SMILES string of the molecule is CC(Oc1ccc(Br)cc1)C(=O)N(C)Cc1ccc(Cl)cc1. The molecule has 0 radical (unpaired) electrons. The summed E-state index contributed by atoms with van der Waals surface area (Å²) in [6, 6.07) is 14.9. The molecule has 0 heterocycles. The van der Waals surface area contributed by atoms with Gasteiger partial charge in [0.2, 0.25) is 0 Å². The maximum Gasteiger partial charge on any atom is 0.263 e. The van der Waals surface area contributed by atoms with E-state index < -0.39 is 6.10 Å². The lowest BCUT2D eigenvalue weighted by atomic mass is 10.2. The average Bonchev–Trinajstić information content (AvgIpc) is 2.51. The highest BCUT2D eigenvalue weighted by atomic mass is 79.9. The Morgan fingerprint density at radius 1 is 1.18 bits per heavy atom. The Balaban J connectivity index is 1.94. The summed E-state index contributed by atoms with van der Waals surface area (Å²) in [5, 5.41) is 0.685. The fourth-order valence-corrected chi connectivity index (χ4v) is 2.41. The molecule has 0 aliphatic rings. The molecule has 116 valence electrons. The molecule has 3 nitrogen and oxygen atoms in total. The summed E-state index contributed by atoms with van der Waals surface area (Å²) < 4.78 is 6.65. The third-order valence-corrected chi connectivity index (χ3v) is 3.96. The number of carbonyl (C=O) groups is 1. The van der Waals surface area contributed by atoms with Crippen molar-refractivity contribution in [1.29, 1.82) is 0 Å². The number of hydrogen-bond acceptors (Lipinski definition) is 2. The van der Waals surface area contributed by atoms with Crippen molar-refractivity contribution in [3.63, 3.8) is 0 Å². The van der Waals surface area contributed by atoms with Crippen LogP contribution in [0.25, 0.3) is 0 Å². The molecule has 2 aromatic carbocycles. The Bertz CT molecular complexity index is 573. The summed E-state index contributed by atoms with van der Waals surface area (Å²) in [5.74, 6) is 0.599. The van der Waals surface area contributed by atoms with Gasteiger partial charge in [0, 0.05) is 23.1 Å². The maximum atomic E-state index is 12.4. The summed E-state index contributed by atoms with van der Waals surface area (Å²) in [6.45, 7) is 2.27. The van der Waals surface area contributed by atoms with Gasteiger partial charge in [-0.2, -0.15) is 0 Å². The van der Waals surface area contributed by atoms with Crippen molar-refractivity contribution in [2.45, 2.75) is 19.6 Å². The first kappa shape index (κ1) is 16.8. The van der Waals surface area contributed by atoms with Gasteiger partial charge in [-0.05, 0) is 48.9 Å². The molecule has 0 fully saturated rings. The van der Waals surface area contributed by atoms with Crippen LogP contribution in [0.5, 0.6) is 5.75 Å². The van der Waals surface area contributed by atoms with Gasteiger partial charge in [-0.3, -0.25) is 4.79 Å². The van der Waals surface area contributed by atoms with Crippen LogP contribution in [0.3, 0.4) is 0 Å². The van der Waals surface area contributed by atoms with Gasteiger partial charge in [-0.15, -0.1) is 0 Å². The first-order valence-electron chi connectivity index (χ1n) is 6.87. The zero-order valence-corrected chi connectivity index (χ0v) is 14.8. The van der Waals surface area contributed by atoms with Crippen LogP contribution < -0.4 is 4.74 Å². The Labute approximate surface area is 144 Å². The number of benzene rings is 2. The largest absolute Gasteiger partial charge is 0.481 e. The molecule has 0 saturated heterocycles. The van der Waals surface area contributed by atoms with E-state index in [1.807, 2.05) is 48.5 Å². The summed E-state index contributed by atoms with van der Waals surface area (Å²) >= 11 is 9.22. The number of ether oxygens (including phenoxy) is 1. The summed E-state index contributed by atoms with van der Waals surface area (Å²) in [4.78, 5) is 14.0. The van der Waals surface area contributed by atoms with Gasteiger partial charge in [-0.25, -0.2) is 0 Å². The third-order valence-electron chi connectivity index (χ3n) is 3.18. The highest BCUT2D eigenvalue weighted by Gasteiger charge is 2.19. The number of hydrogen-bond donors (Lipinski definition) is 0. The van der Waals surface area contributed by atoms with E-state index in [0.717, 1.165) is 10.0 Å². The molecule has 2 aromatic rings.